The van der Waals surface area contributed by atoms with Crippen LogP contribution in [-0.4, -0.2) is 13.0 Å². The number of anilines is 1. The fourth-order valence-corrected chi connectivity index (χ4v) is 1.96. The van der Waals surface area contributed by atoms with Gasteiger partial charge >= 0.3 is 0 Å². The van der Waals surface area contributed by atoms with Gasteiger partial charge in [-0.3, -0.25) is 4.79 Å². The molecule has 1 N–H and O–H groups in total. The summed E-state index contributed by atoms with van der Waals surface area (Å²) in [5.74, 6) is -0.308. The highest BCUT2D eigenvalue weighted by Gasteiger charge is 2.10. The molecule has 0 aliphatic heterocycles. The van der Waals surface area contributed by atoms with E-state index in [1.165, 1.54) is 25.3 Å². The van der Waals surface area contributed by atoms with Gasteiger partial charge in [0.05, 0.1) is 12.8 Å². The number of methoxy groups -OCH3 is 1. The van der Waals surface area contributed by atoms with Crippen LogP contribution in [0.15, 0.2) is 46.9 Å². The van der Waals surface area contributed by atoms with Crippen molar-refractivity contribution in [1.29, 1.82) is 0 Å². The van der Waals surface area contributed by atoms with Crippen LogP contribution in [0.2, 0.25) is 0 Å². The van der Waals surface area contributed by atoms with E-state index in [-0.39, 0.29) is 5.56 Å². The van der Waals surface area contributed by atoms with Crippen molar-refractivity contribution in [3.05, 3.63) is 58.3 Å². The Kier molecular flexibility index (Phi) is 4.16. The smallest absolute Gasteiger partial charge is 0.255 e. The third kappa shape index (κ3) is 3.32. The summed E-state index contributed by atoms with van der Waals surface area (Å²) < 4.78 is 19.0. The Labute approximate surface area is 118 Å². The van der Waals surface area contributed by atoms with Crippen molar-refractivity contribution < 1.29 is 13.9 Å². The first kappa shape index (κ1) is 13.5. The van der Waals surface area contributed by atoms with Gasteiger partial charge in [0.25, 0.3) is 5.91 Å². The lowest BCUT2D eigenvalue weighted by molar-refractivity contribution is 0.102. The van der Waals surface area contributed by atoms with E-state index in [1.54, 1.807) is 24.3 Å². The summed E-state index contributed by atoms with van der Waals surface area (Å²) in [6.07, 6.45) is 0. The largest absolute Gasteiger partial charge is 0.495 e. The van der Waals surface area contributed by atoms with E-state index in [2.05, 4.69) is 21.2 Å². The van der Waals surface area contributed by atoms with Crippen molar-refractivity contribution in [3.63, 3.8) is 0 Å². The molecule has 0 unspecified atom stereocenters. The number of nitrogens with one attached hydrogen (secondary N) is 1. The summed E-state index contributed by atoms with van der Waals surface area (Å²) in [6.45, 7) is 0. The average Bonchev–Trinajstić information content (AvgIpc) is 2.39. The van der Waals surface area contributed by atoms with E-state index in [0.29, 0.717) is 11.4 Å². The third-order valence-corrected chi connectivity index (χ3v) is 2.99. The second-order valence-electron chi connectivity index (χ2n) is 3.81. The number of rotatable bonds is 3. The van der Waals surface area contributed by atoms with Crippen LogP contribution in [0.3, 0.4) is 0 Å². The molecule has 0 atom stereocenters. The molecule has 0 aromatic heterocycles. The van der Waals surface area contributed by atoms with Crippen LogP contribution in [-0.2, 0) is 0 Å². The highest BCUT2D eigenvalue weighted by Crippen LogP contribution is 2.28. The number of hydrogen-bond acceptors (Lipinski definition) is 2. The summed E-state index contributed by atoms with van der Waals surface area (Å²) in [6, 6.07) is 10.7. The second-order valence-corrected chi connectivity index (χ2v) is 4.72. The van der Waals surface area contributed by atoms with E-state index in [9.17, 15) is 9.18 Å². The number of hydrogen-bond donors (Lipinski definition) is 1. The summed E-state index contributed by atoms with van der Waals surface area (Å²) in [7, 11) is 1.51. The van der Waals surface area contributed by atoms with Crippen LogP contribution in [0.5, 0.6) is 5.75 Å². The Hall–Kier alpha value is -1.88. The van der Waals surface area contributed by atoms with E-state index in [1.807, 2.05) is 0 Å². The molecule has 98 valence electrons. The van der Waals surface area contributed by atoms with Gasteiger partial charge in [0, 0.05) is 10.0 Å². The van der Waals surface area contributed by atoms with Crippen molar-refractivity contribution in [2.75, 3.05) is 12.4 Å². The summed E-state index contributed by atoms with van der Waals surface area (Å²) in [5.41, 5.74) is 0.771. The lowest BCUT2D eigenvalue weighted by atomic mass is 10.2. The van der Waals surface area contributed by atoms with Crippen molar-refractivity contribution in [3.8, 4) is 5.75 Å². The average molecular weight is 324 g/mol. The van der Waals surface area contributed by atoms with Gasteiger partial charge in [-0.05, 0) is 36.4 Å². The molecule has 3 nitrogen and oxygen atoms in total. The Morgan fingerprint density at radius 3 is 2.74 bits per heavy atom. The van der Waals surface area contributed by atoms with E-state index < -0.39 is 11.7 Å². The first-order chi connectivity index (χ1) is 9.10. The Morgan fingerprint density at radius 2 is 2.05 bits per heavy atom. The van der Waals surface area contributed by atoms with Gasteiger partial charge in [0.1, 0.15) is 11.6 Å². The van der Waals surface area contributed by atoms with Gasteiger partial charge in [-0.25, -0.2) is 4.39 Å². The third-order valence-electron chi connectivity index (χ3n) is 2.50. The lowest BCUT2D eigenvalue weighted by Crippen LogP contribution is -2.12. The van der Waals surface area contributed by atoms with Crippen LogP contribution in [0.25, 0.3) is 0 Å². The minimum Gasteiger partial charge on any atom is -0.495 e. The Bertz CT molecular complexity index is 616. The minimum atomic E-state index is -0.450. The first-order valence-electron chi connectivity index (χ1n) is 5.50. The van der Waals surface area contributed by atoms with Gasteiger partial charge < -0.3 is 10.1 Å². The van der Waals surface area contributed by atoms with Crippen molar-refractivity contribution >= 4 is 27.5 Å². The van der Waals surface area contributed by atoms with E-state index >= 15 is 0 Å². The van der Waals surface area contributed by atoms with Crippen LogP contribution in [0.4, 0.5) is 10.1 Å². The zero-order valence-electron chi connectivity index (χ0n) is 10.1. The molecule has 0 aliphatic carbocycles. The molecular formula is C14H11BrFNO2. The van der Waals surface area contributed by atoms with Crippen LogP contribution >= 0.6 is 15.9 Å². The quantitative estimate of drug-likeness (QED) is 0.931. The Balaban J connectivity index is 2.26. The van der Waals surface area contributed by atoms with Crippen molar-refractivity contribution in [1.82, 2.24) is 0 Å². The molecule has 0 saturated heterocycles. The number of benzene rings is 2. The van der Waals surface area contributed by atoms with E-state index in [4.69, 9.17) is 4.74 Å². The van der Waals surface area contributed by atoms with Crippen molar-refractivity contribution in [2.45, 2.75) is 0 Å². The zero-order chi connectivity index (χ0) is 13.8. The topological polar surface area (TPSA) is 38.3 Å². The van der Waals surface area contributed by atoms with Crippen LogP contribution in [0.1, 0.15) is 10.4 Å². The molecule has 2 aromatic carbocycles. The lowest BCUT2D eigenvalue weighted by Gasteiger charge is -2.10. The number of carbonyl (C=O) groups excluding carboxylic acids is 1. The molecule has 19 heavy (non-hydrogen) atoms. The maximum atomic E-state index is 13.1. The summed E-state index contributed by atoms with van der Waals surface area (Å²) in [4.78, 5) is 12.0. The molecular weight excluding hydrogens is 313 g/mol. The predicted octanol–water partition coefficient (Wildman–Crippen LogP) is 3.85. The maximum absolute atomic E-state index is 13.1. The molecule has 0 bridgehead atoms. The highest BCUT2D eigenvalue weighted by atomic mass is 79.9. The summed E-state index contributed by atoms with van der Waals surface area (Å²) >= 11 is 3.32. The summed E-state index contributed by atoms with van der Waals surface area (Å²) in [5, 5.41) is 2.69. The van der Waals surface area contributed by atoms with Crippen LogP contribution in [0, 0.1) is 5.82 Å². The van der Waals surface area contributed by atoms with Gasteiger partial charge in [0.2, 0.25) is 0 Å². The normalized spacial score (nSPS) is 10.1. The second kappa shape index (κ2) is 5.84. The zero-order valence-corrected chi connectivity index (χ0v) is 11.7. The standard InChI is InChI=1S/C14H11BrFNO2/c1-19-13-6-5-10(15)8-12(13)17-14(18)9-3-2-4-11(16)7-9/h2-8H,1H3,(H,17,18). The van der Waals surface area contributed by atoms with Crippen molar-refractivity contribution in [2.24, 2.45) is 0 Å². The molecule has 0 heterocycles. The fourth-order valence-electron chi connectivity index (χ4n) is 1.60. The molecule has 5 heteroatoms. The fraction of sp³-hybridized carbons (Fsp3) is 0.0714. The van der Waals surface area contributed by atoms with E-state index in [0.717, 1.165) is 4.47 Å². The molecule has 1 amide bonds. The number of halogens is 2. The van der Waals surface area contributed by atoms with Gasteiger partial charge in [0.15, 0.2) is 0 Å². The van der Waals surface area contributed by atoms with Crippen LogP contribution < -0.4 is 10.1 Å². The predicted molar refractivity (Wildman–Crippen MR) is 75.0 cm³/mol. The van der Waals surface area contributed by atoms with Gasteiger partial charge in [-0.2, -0.15) is 0 Å². The molecule has 0 spiro atoms. The minimum absolute atomic E-state index is 0.252. The number of ether oxygens (including phenoxy) is 1. The maximum Gasteiger partial charge on any atom is 0.255 e. The van der Waals surface area contributed by atoms with Gasteiger partial charge in [-0.1, -0.05) is 22.0 Å². The number of carbonyl (C=O) groups is 1. The Morgan fingerprint density at radius 1 is 1.26 bits per heavy atom. The molecule has 2 aromatic rings. The van der Waals surface area contributed by atoms with Gasteiger partial charge in [-0.15, -0.1) is 0 Å². The first-order valence-corrected chi connectivity index (χ1v) is 6.30. The SMILES string of the molecule is COc1ccc(Br)cc1NC(=O)c1cccc(F)c1. The molecule has 0 saturated carbocycles. The molecule has 2 rings (SSSR count). The monoisotopic (exact) mass is 323 g/mol. The molecule has 0 fully saturated rings. The molecule has 0 aliphatic rings. The number of amides is 1. The molecule has 0 radical (unpaired) electrons. The highest BCUT2D eigenvalue weighted by molar-refractivity contribution is 9.10.